The first-order valence-electron chi connectivity index (χ1n) is 10.2. The van der Waals surface area contributed by atoms with E-state index >= 15 is 0 Å². The van der Waals surface area contributed by atoms with Crippen molar-refractivity contribution in [2.24, 2.45) is 0 Å². The summed E-state index contributed by atoms with van der Waals surface area (Å²) in [5.74, 6) is -1.77. The van der Waals surface area contributed by atoms with Gasteiger partial charge >= 0.3 is 11.9 Å². The van der Waals surface area contributed by atoms with E-state index in [9.17, 15) is 19.8 Å². The summed E-state index contributed by atoms with van der Waals surface area (Å²) in [4.78, 5) is 31.7. The van der Waals surface area contributed by atoms with Crippen LogP contribution in [-0.4, -0.2) is 32.1 Å². The van der Waals surface area contributed by atoms with Crippen LogP contribution in [0.4, 0.5) is 0 Å². The summed E-state index contributed by atoms with van der Waals surface area (Å²) < 4.78 is 11.6. The standard InChI is InChI=1S/C26H16N2O6/c29-25(30)19-21(15-7-3-1-4-8-15)33-23(27-19)17-11-13-18(14-12-17)24-28-20(26(31)32)22(34-24)16-9-5-2-6-10-16/h1-14H,(H,29,30)(H,31,32). The zero-order chi connectivity index (χ0) is 23.7. The van der Waals surface area contributed by atoms with Gasteiger partial charge in [0.15, 0.2) is 22.9 Å². The second-order valence-electron chi connectivity index (χ2n) is 7.31. The van der Waals surface area contributed by atoms with Crippen molar-refractivity contribution in [1.29, 1.82) is 0 Å². The zero-order valence-corrected chi connectivity index (χ0v) is 17.5. The minimum Gasteiger partial charge on any atom is -0.476 e. The number of hydrogen-bond acceptors (Lipinski definition) is 6. The SMILES string of the molecule is O=C(O)c1nc(-c2ccc(-c3nc(C(=O)O)c(-c4ccccc4)o3)cc2)oc1-c1ccccc1. The highest BCUT2D eigenvalue weighted by atomic mass is 16.4. The average Bonchev–Trinajstić information content (AvgIpc) is 3.51. The van der Waals surface area contributed by atoms with Crippen molar-refractivity contribution >= 4 is 11.9 Å². The third kappa shape index (κ3) is 3.84. The maximum atomic E-state index is 11.7. The quantitative estimate of drug-likeness (QED) is 0.335. The van der Waals surface area contributed by atoms with Gasteiger partial charge in [-0.2, -0.15) is 0 Å². The largest absolute Gasteiger partial charge is 0.476 e. The Kier molecular flexibility index (Phi) is 5.23. The van der Waals surface area contributed by atoms with E-state index in [0.717, 1.165) is 0 Å². The first-order valence-corrected chi connectivity index (χ1v) is 10.2. The summed E-state index contributed by atoms with van der Waals surface area (Å²) in [6.07, 6.45) is 0. The zero-order valence-electron chi connectivity index (χ0n) is 17.5. The van der Waals surface area contributed by atoms with E-state index in [1.807, 2.05) is 12.1 Å². The van der Waals surface area contributed by atoms with Crippen molar-refractivity contribution < 1.29 is 28.6 Å². The summed E-state index contributed by atoms with van der Waals surface area (Å²) >= 11 is 0. The lowest BCUT2D eigenvalue weighted by Crippen LogP contribution is -1.99. The molecule has 5 aromatic rings. The Morgan fingerprint density at radius 3 is 1.21 bits per heavy atom. The monoisotopic (exact) mass is 452 g/mol. The number of aromatic nitrogens is 2. The molecule has 0 unspecified atom stereocenters. The van der Waals surface area contributed by atoms with E-state index in [-0.39, 0.29) is 34.7 Å². The Bertz CT molecular complexity index is 1370. The summed E-state index contributed by atoms with van der Waals surface area (Å²) in [6.45, 7) is 0. The summed E-state index contributed by atoms with van der Waals surface area (Å²) in [7, 11) is 0. The number of carboxylic acid groups (broad SMARTS) is 2. The molecule has 2 heterocycles. The Morgan fingerprint density at radius 1 is 0.529 bits per heavy atom. The van der Waals surface area contributed by atoms with Gasteiger partial charge in [-0.3, -0.25) is 0 Å². The Hall–Kier alpha value is -4.98. The van der Waals surface area contributed by atoms with Crippen LogP contribution >= 0.6 is 0 Å². The highest BCUT2D eigenvalue weighted by Crippen LogP contribution is 2.33. The van der Waals surface area contributed by atoms with E-state index in [4.69, 9.17) is 8.83 Å². The van der Waals surface area contributed by atoms with Crippen molar-refractivity contribution in [3.8, 4) is 45.6 Å². The van der Waals surface area contributed by atoms with Crippen LogP contribution in [0.1, 0.15) is 21.0 Å². The second kappa shape index (κ2) is 8.51. The van der Waals surface area contributed by atoms with Gasteiger partial charge in [-0.1, -0.05) is 60.7 Å². The number of oxazole rings is 2. The molecule has 8 heteroatoms. The third-order valence-electron chi connectivity index (χ3n) is 5.11. The maximum Gasteiger partial charge on any atom is 0.358 e. The fraction of sp³-hybridized carbons (Fsp3) is 0. The molecule has 0 saturated heterocycles. The van der Waals surface area contributed by atoms with Crippen molar-refractivity contribution in [2.45, 2.75) is 0 Å². The summed E-state index contributed by atoms with van der Waals surface area (Å²) in [6, 6.07) is 24.4. The molecule has 0 aliphatic carbocycles. The van der Waals surface area contributed by atoms with Crippen LogP contribution in [0.2, 0.25) is 0 Å². The molecule has 0 amide bonds. The van der Waals surface area contributed by atoms with Crippen LogP contribution in [0.15, 0.2) is 93.8 Å². The molecular weight excluding hydrogens is 436 g/mol. The fourth-order valence-electron chi connectivity index (χ4n) is 3.50. The molecule has 0 atom stereocenters. The van der Waals surface area contributed by atoms with Crippen LogP contribution in [0, 0.1) is 0 Å². The molecule has 0 aliphatic heterocycles. The van der Waals surface area contributed by atoms with E-state index in [0.29, 0.717) is 22.3 Å². The third-order valence-corrected chi connectivity index (χ3v) is 5.11. The molecule has 0 aliphatic rings. The molecule has 166 valence electrons. The van der Waals surface area contributed by atoms with Crippen LogP contribution < -0.4 is 0 Å². The van der Waals surface area contributed by atoms with Gasteiger partial charge in [0.1, 0.15) is 0 Å². The molecule has 0 spiro atoms. The lowest BCUT2D eigenvalue weighted by molar-refractivity contribution is 0.0680. The molecule has 3 aromatic carbocycles. The van der Waals surface area contributed by atoms with Gasteiger partial charge in [0.2, 0.25) is 11.8 Å². The van der Waals surface area contributed by atoms with Gasteiger partial charge in [0, 0.05) is 22.3 Å². The molecule has 8 nitrogen and oxygen atoms in total. The maximum absolute atomic E-state index is 11.7. The number of carbonyl (C=O) groups is 2. The minimum atomic E-state index is -1.19. The normalized spacial score (nSPS) is 10.8. The molecule has 0 saturated carbocycles. The van der Waals surface area contributed by atoms with Crippen LogP contribution in [0.25, 0.3) is 45.6 Å². The van der Waals surface area contributed by atoms with Crippen LogP contribution in [0.3, 0.4) is 0 Å². The molecule has 0 fully saturated rings. The van der Waals surface area contributed by atoms with E-state index in [1.54, 1.807) is 72.8 Å². The number of hydrogen-bond donors (Lipinski definition) is 2. The minimum absolute atomic E-state index is 0.145. The molecule has 34 heavy (non-hydrogen) atoms. The van der Waals surface area contributed by atoms with Gasteiger partial charge in [0.05, 0.1) is 0 Å². The van der Waals surface area contributed by atoms with E-state index in [1.165, 1.54) is 0 Å². The summed E-state index contributed by atoms with van der Waals surface area (Å²) in [5, 5.41) is 19.1. The molecular formula is C26H16N2O6. The molecule has 0 radical (unpaired) electrons. The Balaban J connectivity index is 1.51. The van der Waals surface area contributed by atoms with Gasteiger partial charge in [-0.25, -0.2) is 19.6 Å². The van der Waals surface area contributed by atoms with Gasteiger partial charge in [-0.05, 0) is 24.3 Å². The topological polar surface area (TPSA) is 127 Å². The Labute approximate surface area is 192 Å². The van der Waals surface area contributed by atoms with Gasteiger partial charge in [0.25, 0.3) is 0 Å². The molecule has 5 rings (SSSR count). The van der Waals surface area contributed by atoms with E-state index < -0.39 is 11.9 Å². The van der Waals surface area contributed by atoms with Gasteiger partial charge in [-0.15, -0.1) is 0 Å². The Morgan fingerprint density at radius 2 is 0.882 bits per heavy atom. The predicted molar refractivity (Wildman–Crippen MR) is 122 cm³/mol. The average molecular weight is 452 g/mol. The smallest absolute Gasteiger partial charge is 0.358 e. The lowest BCUT2D eigenvalue weighted by atomic mass is 10.1. The summed E-state index contributed by atoms with van der Waals surface area (Å²) in [5.41, 5.74) is 1.92. The van der Waals surface area contributed by atoms with Crippen molar-refractivity contribution in [1.82, 2.24) is 9.97 Å². The van der Waals surface area contributed by atoms with Crippen LogP contribution in [-0.2, 0) is 0 Å². The number of rotatable bonds is 6. The second-order valence-corrected chi connectivity index (χ2v) is 7.31. The van der Waals surface area contributed by atoms with Crippen molar-refractivity contribution in [3.05, 3.63) is 96.3 Å². The van der Waals surface area contributed by atoms with Crippen molar-refractivity contribution in [3.63, 3.8) is 0 Å². The number of carboxylic acids is 2. The first kappa shape index (κ1) is 20.9. The first-order chi connectivity index (χ1) is 16.5. The highest BCUT2D eigenvalue weighted by Gasteiger charge is 2.23. The molecule has 2 aromatic heterocycles. The lowest BCUT2D eigenvalue weighted by Gasteiger charge is -1.99. The number of benzene rings is 3. The highest BCUT2D eigenvalue weighted by molar-refractivity contribution is 5.94. The number of nitrogens with zero attached hydrogens (tertiary/aromatic N) is 2. The van der Waals surface area contributed by atoms with Crippen molar-refractivity contribution in [2.75, 3.05) is 0 Å². The predicted octanol–water partition coefficient (Wildman–Crippen LogP) is 5.73. The van der Waals surface area contributed by atoms with E-state index in [2.05, 4.69) is 9.97 Å². The molecule has 0 bridgehead atoms. The molecule has 2 N–H and O–H groups in total. The fourth-order valence-corrected chi connectivity index (χ4v) is 3.50. The van der Waals surface area contributed by atoms with Crippen LogP contribution in [0.5, 0.6) is 0 Å². The number of aromatic carboxylic acids is 2. The van der Waals surface area contributed by atoms with Gasteiger partial charge < -0.3 is 19.0 Å².